The number of aromatic nitrogens is 1. The number of pyridine rings is 1. The summed E-state index contributed by atoms with van der Waals surface area (Å²) >= 11 is 9.42. The molecule has 2 aromatic rings. The third-order valence-corrected chi connectivity index (χ3v) is 3.43. The van der Waals surface area contributed by atoms with Gasteiger partial charge in [-0.05, 0) is 33.1 Å². The lowest BCUT2D eigenvalue weighted by molar-refractivity contribution is 0.184. The second-order valence-corrected chi connectivity index (χ2v) is 5.32. The summed E-state index contributed by atoms with van der Waals surface area (Å²) in [5.74, 6) is 0. The van der Waals surface area contributed by atoms with Crippen LogP contribution in [-0.4, -0.2) is 12.1 Å². The van der Waals surface area contributed by atoms with Crippen LogP contribution in [0.4, 0.5) is 5.69 Å². The fourth-order valence-electron chi connectivity index (χ4n) is 1.76. The highest BCUT2D eigenvalue weighted by atomic mass is 79.9. The number of halogens is 2. The average molecular weight is 342 g/mol. The highest BCUT2D eigenvalue weighted by molar-refractivity contribution is 9.10. The number of hydrogen-bond acceptors (Lipinski definition) is 3. The van der Waals surface area contributed by atoms with Gasteiger partial charge in [0.15, 0.2) is 5.15 Å². The van der Waals surface area contributed by atoms with Crippen LogP contribution < -0.4 is 5.32 Å². The van der Waals surface area contributed by atoms with E-state index in [4.69, 9.17) is 16.3 Å². The Labute approximate surface area is 126 Å². The van der Waals surface area contributed by atoms with Crippen molar-refractivity contribution in [2.45, 2.75) is 13.2 Å². The minimum absolute atomic E-state index is 0.465. The summed E-state index contributed by atoms with van der Waals surface area (Å²) in [6.07, 6.45) is 1.67. The topological polar surface area (TPSA) is 34.1 Å². The van der Waals surface area contributed by atoms with E-state index in [2.05, 4.69) is 38.4 Å². The van der Waals surface area contributed by atoms with Crippen LogP contribution in [0.2, 0.25) is 5.15 Å². The Kier molecular flexibility index (Phi) is 5.19. The van der Waals surface area contributed by atoms with Crippen LogP contribution in [0.25, 0.3) is 0 Å². The van der Waals surface area contributed by atoms with Crippen LogP contribution in [0.3, 0.4) is 0 Å². The van der Waals surface area contributed by atoms with E-state index in [-0.39, 0.29) is 0 Å². The summed E-state index contributed by atoms with van der Waals surface area (Å²) < 4.78 is 6.08. The maximum Gasteiger partial charge on any atom is 0.152 e. The van der Waals surface area contributed by atoms with Gasteiger partial charge in [0.05, 0.1) is 12.3 Å². The summed E-state index contributed by atoms with van der Waals surface area (Å²) in [4.78, 5) is 4.08. The summed E-state index contributed by atoms with van der Waals surface area (Å²) in [5, 5.41) is 3.75. The maximum absolute atomic E-state index is 6.04. The number of hydrogen-bond donors (Lipinski definition) is 1. The van der Waals surface area contributed by atoms with Gasteiger partial charge < -0.3 is 10.1 Å². The van der Waals surface area contributed by atoms with Crippen molar-refractivity contribution in [1.82, 2.24) is 4.98 Å². The Hall–Kier alpha value is -1.10. The number of benzene rings is 1. The SMILES string of the molecule is COCc1ccccc1CNc1cc(Br)cnc1Cl. The van der Waals surface area contributed by atoms with E-state index in [9.17, 15) is 0 Å². The van der Waals surface area contributed by atoms with Crippen LogP contribution >= 0.6 is 27.5 Å². The largest absolute Gasteiger partial charge is 0.380 e. The Bertz CT molecular complexity index is 563. The van der Waals surface area contributed by atoms with Crippen LogP contribution in [0.5, 0.6) is 0 Å². The third-order valence-electron chi connectivity index (χ3n) is 2.69. The third kappa shape index (κ3) is 3.93. The van der Waals surface area contributed by atoms with Crippen LogP contribution in [0, 0.1) is 0 Å². The smallest absolute Gasteiger partial charge is 0.152 e. The molecule has 0 aliphatic carbocycles. The molecule has 5 heteroatoms. The molecule has 19 heavy (non-hydrogen) atoms. The quantitative estimate of drug-likeness (QED) is 0.825. The van der Waals surface area contributed by atoms with Crippen molar-refractivity contribution in [2.75, 3.05) is 12.4 Å². The first kappa shape index (κ1) is 14.3. The summed E-state index contributed by atoms with van der Waals surface area (Å²) in [6.45, 7) is 1.28. The lowest BCUT2D eigenvalue weighted by atomic mass is 10.1. The number of nitrogens with one attached hydrogen (secondary N) is 1. The normalized spacial score (nSPS) is 10.5. The number of anilines is 1. The van der Waals surface area contributed by atoms with Crippen molar-refractivity contribution >= 4 is 33.2 Å². The molecule has 1 aromatic carbocycles. The van der Waals surface area contributed by atoms with Crippen molar-refractivity contribution in [3.8, 4) is 0 Å². The molecule has 1 N–H and O–H groups in total. The van der Waals surface area contributed by atoms with Crippen LogP contribution in [0.1, 0.15) is 11.1 Å². The van der Waals surface area contributed by atoms with Gasteiger partial charge in [0, 0.05) is 24.3 Å². The molecule has 3 nitrogen and oxygen atoms in total. The Morgan fingerprint density at radius 3 is 2.79 bits per heavy atom. The van der Waals surface area contributed by atoms with Crippen molar-refractivity contribution in [2.24, 2.45) is 0 Å². The van der Waals surface area contributed by atoms with Gasteiger partial charge in [-0.1, -0.05) is 35.9 Å². The van der Waals surface area contributed by atoms with Gasteiger partial charge in [0.25, 0.3) is 0 Å². The summed E-state index contributed by atoms with van der Waals surface area (Å²) in [7, 11) is 1.69. The van der Waals surface area contributed by atoms with Crippen molar-refractivity contribution in [1.29, 1.82) is 0 Å². The first-order valence-electron chi connectivity index (χ1n) is 5.81. The number of rotatable bonds is 5. The average Bonchev–Trinajstić information content (AvgIpc) is 2.42. The molecule has 0 aliphatic heterocycles. The van der Waals surface area contributed by atoms with Gasteiger partial charge >= 0.3 is 0 Å². The second-order valence-electron chi connectivity index (χ2n) is 4.05. The molecule has 0 amide bonds. The van der Waals surface area contributed by atoms with Crippen molar-refractivity contribution in [3.63, 3.8) is 0 Å². The van der Waals surface area contributed by atoms with Gasteiger partial charge in [-0.3, -0.25) is 0 Å². The minimum Gasteiger partial charge on any atom is -0.380 e. The molecule has 0 radical (unpaired) electrons. The molecule has 1 aromatic heterocycles. The zero-order chi connectivity index (χ0) is 13.7. The molecular formula is C14H14BrClN2O. The minimum atomic E-state index is 0.465. The zero-order valence-electron chi connectivity index (χ0n) is 10.5. The van der Waals surface area contributed by atoms with Gasteiger partial charge in [-0.15, -0.1) is 0 Å². The molecule has 0 aliphatic rings. The lowest BCUT2D eigenvalue weighted by Crippen LogP contribution is -2.04. The molecule has 0 saturated heterocycles. The summed E-state index contributed by atoms with van der Waals surface area (Å²) in [6, 6.07) is 10.1. The maximum atomic E-state index is 6.04. The number of ether oxygens (including phenoxy) is 1. The second kappa shape index (κ2) is 6.89. The Balaban J connectivity index is 2.12. The number of methoxy groups -OCH3 is 1. The molecule has 0 atom stereocenters. The molecule has 0 spiro atoms. The molecule has 0 fully saturated rings. The summed E-state index contributed by atoms with van der Waals surface area (Å²) in [5.41, 5.74) is 3.15. The molecule has 0 unspecified atom stereocenters. The van der Waals surface area contributed by atoms with Gasteiger partial charge in [-0.25, -0.2) is 4.98 Å². The van der Waals surface area contributed by atoms with E-state index in [0.717, 1.165) is 15.7 Å². The fourth-order valence-corrected chi connectivity index (χ4v) is 2.26. The zero-order valence-corrected chi connectivity index (χ0v) is 12.8. The molecule has 100 valence electrons. The van der Waals surface area contributed by atoms with Crippen LogP contribution in [-0.2, 0) is 17.9 Å². The van der Waals surface area contributed by atoms with E-state index in [0.29, 0.717) is 18.3 Å². The Morgan fingerprint density at radius 1 is 1.32 bits per heavy atom. The van der Waals surface area contributed by atoms with Gasteiger partial charge in [-0.2, -0.15) is 0 Å². The fraction of sp³-hybridized carbons (Fsp3) is 0.214. The van der Waals surface area contributed by atoms with E-state index in [1.807, 2.05) is 18.2 Å². The van der Waals surface area contributed by atoms with E-state index >= 15 is 0 Å². The predicted octanol–water partition coefficient (Wildman–Crippen LogP) is 4.26. The van der Waals surface area contributed by atoms with E-state index < -0.39 is 0 Å². The predicted molar refractivity (Wildman–Crippen MR) is 81.4 cm³/mol. The first-order valence-corrected chi connectivity index (χ1v) is 6.98. The Morgan fingerprint density at radius 2 is 2.05 bits per heavy atom. The van der Waals surface area contributed by atoms with Gasteiger partial charge in [0.1, 0.15) is 0 Å². The first-order chi connectivity index (χ1) is 9.20. The number of nitrogens with zero attached hydrogens (tertiary/aromatic N) is 1. The highest BCUT2D eigenvalue weighted by Gasteiger charge is 2.05. The molecular weight excluding hydrogens is 328 g/mol. The van der Waals surface area contributed by atoms with Gasteiger partial charge in [0.2, 0.25) is 0 Å². The molecule has 0 bridgehead atoms. The van der Waals surface area contributed by atoms with Crippen LogP contribution in [0.15, 0.2) is 41.0 Å². The molecule has 0 saturated carbocycles. The van der Waals surface area contributed by atoms with Crippen molar-refractivity contribution in [3.05, 3.63) is 57.3 Å². The standard InChI is InChI=1S/C14H14BrClN2O/c1-19-9-11-5-3-2-4-10(11)7-17-13-6-12(15)8-18-14(13)16/h2-6,8,17H,7,9H2,1H3. The van der Waals surface area contributed by atoms with E-state index in [1.54, 1.807) is 13.3 Å². The highest BCUT2D eigenvalue weighted by Crippen LogP contribution is 2.24. The lowest BCUT2D eigenvalue weighted by Gasteiger charge is -2.11. The monoisotopic (exact) mass is 340 g/mol. The molecule has 2 rings (SSSR count). The molecule has 1 heterocycles. The van der Waals surface area contributed by atoms with Crippen molar-refractivity contribution < 1.29 is 4.74 Å². The van der Waals surface area contributed by atoms with E-state index in [1.165, 1.54) is 5.56 Å².